The van der Waals surface area contributed by atoms with Crippen molar-refractivity contribution in [2.75, 3.05) is 30.5 Å². The highest BCUT2D eigenvalue weighted by molar-refractivity contribution is 6.07. The Morgan fingerprint density at radius 1 is 0.767 bits per heavy atom. The summed E-state index contributed by atoms with van der Waals surface area (Å²) in [7, 11) is 0. The van der Waals surface area contributed by atoms with Crippen molar-refractivity contribution in [1.29, 1.82) is 0 Å². The number of para-hydroxylation sites is 1. The van der Waals surface area contributed by atoms with Crippen molar-refractivity contribution < 1.29 is 19.1 Å². The number of ether oxygens (including phenoxy) is 2. The Bertz CT molecular complexity index is 989. The molecular formula is C24H24N2O4. The van der Waals surface area contributed by atoms with E-state index in [-0.39, 0.29) is 11.8 Å². The lowest BCUT2D eigenvalue weighted by Crippen LogP contribution is -2.15. The maximum absolute atomic E-state index is 12.8. The molecule has 3 aromatic rings. The molecule has 6 heteroatoms. The van der Waals surface area contributed by atoms with E-state index >= 15 is 0 Å². The Labute approximate surface area is 175 Å². The van der Waals surface area contributed by atoms with Gasteiger partial charge in [0.25, 0.3) is 11.8 Å². The van der Waals surface area contributed by atoms with Gasteiger partial charge in [-0.05, 0) is 49.4 Å². The number of rotatable bonds is 9. The van der Waals surface area contributed by atoms with Gasteiger partial charge in [-0.2, -0.15) is 0 Å². The zero-order chi connectivity index (χ0) is 21.2. The predicted molar refractivity (Wildman–Crippen MR) is 117 cm³/mol. The number of carbonyl (C=O) groups excluding carboxylic acids is 2. The van der Waals surface area contributed by atoms with Gasteiger partial charge >= 0.3 is 0 Å². The molecule has 0 spiro atoms. The molecule has 0 aromatic heterocycles. The maximum atomic E-state index is 12.8. The number of nitrogens with one attached hydrogen (secondary N) is 2. The van der Waals surface area contributed by atoms with Crippen LogP contribution in [0.2, 0.25) is 0 Å². The van der Waals surface area contributed by atoms with Crippen LogP contribution in [0.3, 0.4) is 0 Å². The lowest BCUT2D eigenvalue weighted by atomic mass is 10.1. The summed E-state index contributed by atoms with van der Waals surface area (Å²) in [6.45, 7) is 3.34. The number of benzene rings is 3. The third kappa shape index (κ3) is 5.93. The lowest BCUT2D eigenvalue weighted by Gasteiger charge is -2.12. The Morgan fingerprint density at radius 2 is 1.43 bits per heavy atom. The van der Waals surface area contributed by atoms with Crippen LogP contribution in [-0.2, 0) is 4.74 Å². The standard InChI is InChI=1S/C24H24N2O4/c1-2-29-15-16-30-22-14-7-6-13-21(22)24(28)26-20-12-8-11-19(17-20)25-23(27)18-9-4-3-5-10-18/h3-14,17H,2,15-16H2,1H3,(H,25,27)(H,26,28). The minimum absolute atomic E-state index is 0.216. The highest BCUT2D eigenvalue weighted by Gasteiger charge is 2.13. The van der Waals surface area contributed by atoms with E-state index in [1.165, 1.54) is 0 Å². The molecule has 0 saturated heterocycles. The average molecular weight is 404 g/mol. The molecule has 2 N–H and O–H groups in total. The molecule has 30 heavy (non-hydrogen) atoms. The van der Waals surface area contributed by atoms with Crippen LogP contribution in [0.25, 0.3) is 0 Å². The Morgan fingerprint density at radius 3 is 2.17 bits per heavy atom. The molecule has 3 aromatic carbocycles. The molecule has 0 atom stereocenters. The zero-order valence-corrected chi connectivity index (χ0v) is 16.8. The Hall–Kier alpha value is -3.64. The van der Waals surface area contributed by atoms with Crippen LogP contribution in [0.4, 0.5) is 11.4 Å². The van der Waals surface area contributed by atoms with E-state index in [4.69, 9.17) is 9.47 Å². The van der Waals surface area contributed by atoms with Gasteiger partial charge in [-0.1, -0.05) is 36.4 Å². The molecular weight excluding hydrogens is 380 g/mol. The van der Waals surface area contributed by atoms with Crippen LogP contribution in [0.1, 0.15) is 27.6 Å². The van der Waals surface area contributed by atoms with E-state index in [0.717, 1.165) is 0 Å². The number of anilines is 2. The van der Waals surface area contributed by atoms with E-state index in [0.29, 0.717) is 48.1 Å². The van der Waals surface area contributed by atoms with Crippen molar-refractivity contribution in [2.24, 2.45) is 0 Å². The van der Waals surface area contributed by atoms with Gasteiger partial charge in [0.1, 0.15) is 12.4 Å². The minimum atomic E-state index is -0.298. The van der Waals surface area contributed by atoms with E-state index in [1.54, 1.807) is 66.7 Å². The first-order chi connectivity index (χ1) is 14.7. The van der Waals surface area contributed by atoms with Gasteiger partial charge in [0, 0.05) is 23.5 Å². The van der Waals surface area contributed by atoms with Gasteiger partial charge in [-0.25, -0.2) is 0 Å². The second-order valence-electron chi connectivity index (χ2n) is 6.40. The second kappa shape index (κ2) is 10.8. The van der Waals surface area contributed by atoms with Crippen LogP contribution in [0.5, 0.6) is 5.75 Å². The SMILES string of the molecule is CCOCCOc1ccccc1C(=O)Nc1cccc(NC(=O)c2ccccc2)c1. The molecule has 0 aliphatic rings. The third-order valence-electron chi connectivity index (χ3n) is 4.24. The summed E-state index contributed by atoms with van der Waals surface area (Å²) in [6.07, 6.45) is 0. The van der Waals surface area contributed by atoms with E-state index < -0.39 is 0 Å². The Kier molecular flexibility index (Phi) is 7.58. The molecule has 0 bridgehead atoms. The van der Waals surface area contributed by atoms with Gasteiger partial charge in [0.05, 0.1) is 12.2 Å². The fourth-order valence-corrected chi connectivity index (χ4v) is 2.80. The number of amides is 2. The smallest absolute Gasteiger partial charge is 0.259 e. The molecule has 154 valence electrons. The summed E-state index contributed by atoms with van der Waals surface area (Å²) in [4.78, 5) is 25.1. The molecule has 2 amide bonds. The average Bonchev–Trinajstić information content (AvgIpc) is 2.78. The highest BCUT2D eigenvalue weighted by atomic mass is 16.5. The summed E-state index contributed by atoms with van der Waals surface area (Å²) in [5, 5.41) is 5.69. The molecule has 0 saturated carbocycles. The first-order valence-electron chi connectivity index (χ1n) is 9.74. The van der Waals surface area contributed by atoms with Gasteiger partial charge in [0.2, 0.25) is 0 Å². The van der Waals surface area contributed by atoms with Crippen LogP contribution >= 0.6 is 0 Å². The molecule has 0 unspecified atom stereocenters. The van der Waals surface area contributed by atoms with Crippen molar-refractivity contribution in [3.8, 4) is 5.75 Å². The molecule has 0 aliphatic heterocycles. The topological polar surface area (TPSA) is 76.7 Å². The van der Waals surface area contributed by atoms with E-state index in [1.807, 2.05) is 19.1 Å². The second-order valence-corrected chi connectivity index (χ2v) is 6.40. The highest BCUT2D eigenvalue weighted by Crippen LogP contribution is 2.21. The summed E-state index contributed by atoms with van der Waals surface area (Å²) >= 11 is 0. The van der Waals surface area contributed by atoms with Crippen LogP contribution in [0, 0.1) is 0 Å². The summed E-state index contributed by atoms with van der Waals surface area (Å²) in [5.41, 5.74) is 2.13. The monoisotopic (exact) mass is 404 g/mol. The van der Waals surface area contributed by atoms with E-state index in [2.05, 4.69) is 10.6 Å². The van der Waals surface area contributed by atoms with Gasteiger partial charge in [0.15, 0.2) is 0 Å². The van der Waals surface area contributed by atoms with E-state index in [9.17, 15) is 9.59 Å². The first kappa shape index (κ1) is 21.1. The van der Waals surface area contributed by atoms with Crippen molar-refractivity contribution >= 4 is 23.2 Å². The summed E-state index contributed by atoms with van der Waals surface area (Å²) < 4.78 is 10.9. The van der Waals surface area contributed by atoms with Crippen LogP contribution < -0.4 is 15.4 Å². The van der Waals surface area contributed by atoms with Crippen molar-refractivity contribution in [3.05, 3.63) is 90.0 Å². The van der Waals surface area contributed by atoms with Crippen LogP contribution in [0.15, 0.2) is 78.9 Å². The normalized spacial score (nSPS) is 10.3. The number of carbonyl (C=O) groups is 2. The van der Waals surface area contributed by atoms with Gasteiger partial charge < -0.3 is 20.1 Å². The summed E-state index contributed by atoms with van der Waals surface area (Å²) in [6, 6.07) is 23.0. The fourth-order valence-electron chi connectivity index (χ4n) is 2.80. The molecule has 0 aliphatic carbocycles. The quantitative estimate of drug-likeness (QED) is 0.511. The molecule has 0 radical (unpaired) electrons. The lowest BCUT2D eigenvalue weighted by molar-refractivity contribution is 0.0996. The predicted octanol–water partition coefficient (Wildman–Crippen LogP) is 4.61. The number of hydrogen-bond acceptors (Lipinski definition) is 4. The van der Waals surface area contributed by atoms with Crippen molar-refractivity contribution in [3.63, 3.8) is 0 Å². The zero-order valence-electron chi connectivity index (χ0n) is 16.8. The van der Waals surface area contributed by atoms with Crippen molar-refractivity contribution in [1.82, 2.24) is 0 Å². The molecule has 3 rings (SSSR count). The van der Waals surface area contributed by atoms with Gasteiger partial charge in [-0.15, -0.1) is 0 Å². The molecule has 0 heterocycles. The largest absolute Gasteiger partial charge is 0.490 e. The summed E-state index contributed by atoms with van der Waals surface area (Å²) in [5.74, 6) is -0.0242. The first-order valence-corrected chi connectivity index (χ1v) is 9.74. The van der Waals surface area contributed by atoms with Gasteiger partial charge in [-0.3, -0.25) is 9.59 Å². The Balaban J connectivity index is 1.66. The number of hydrogen-bond donors (Lipinski definition) is 2. The minimum Gasteiger partial charge on any atom is -0.490 e. The molecule has 6 nitrogen and oxygen atoms in total. The molecule has 0 fully saturated rings. The maximum Gasteiger partial charge on any atom is 0.259 e. The van der Waals surface area contributed by atoms with Crippen LogP contribution in [-0.4, -0.2) is 31.6 Å². The fraction of sp³-hybridized carbons (Fsp3) is 0.167. The van der Waals surface area contributed by atoms with Crippen molar-refractivity contribution in [2.45, 2.75) is 6.92 Å². The third-order valence-corrected chi connectivity index (χ3v) is 4.24.